The van der Waals surface area contributed by atoms with Gasteiger partial charge in [-0.3, -0.25) is 4.79 Å². The molecule has 0 aliphatic carbocycles. The second kappa shape index (κ2) is 14.1. The maximum absolute atomic E-state index is 14.5. The van der Waals surface area contributed by atoms with Gasteiger partial charge in [0.25, 0.3) is 0 Å². The zero-order chi connectivity index (χ0) is 31.2. The normalized spacial score (nSPS) is 14.1. The van der Waals surface area contributed by atoms with Gasteiger partial charge in [0.15, 0.2) is 5.65 Å². The summed E-state index contributed by atoms with van der Waals surface area (Å²) in [5.74, 6) is 2.25. The fourth-order valence-electron chi connectivity index (χ4n) is 5.33. The van der Waals surface area contributed by atoms with E-state index in [4.69, 9.17) is 20.4 Å². The lowest BCUT2D eigenvalue weighted by atomic mass is 10.0. The van der Waals surface area contributed by atoms with Crippen LogP contribution in [0.3, 0.4) is 0 Å². The predicted octanol–water partition coefficient (Wildman–Crippen LogP) is 5.17. The van der Waals surface area contributed by atoms with Crippen LogP contribution in [0.5, 0.6) is 11.5 Å². The Bertz CT molecular complexity index is 1580. The summed E-state index contributed by atoms with van der Waals surface area (Å²) in [4.78, 5) is 26.4. The zero-order valence-corrected chi connectivity index (χ0v) is 26.1. The van der Waals surface area contributed by atoms with Crippen molar-refractivity contribution in [3.05, 3.63) is 71.2 Å². The quantitative estimate of drug-likeness (QED) is 0.214. The van der Waals surface area contributed by atoms with Crippen molar-refractivity contribution >= 4 is 23.3 Å². The fourth-order valence-corrected chi connectivity index (χ4v) is 5.33. The summed E-state index contributed by atoms with van der Waals surface area (Å²) in [7, 11) is 3.94. The molecule has 0 spiro atoms. The number of nitrogens with one attached hydrogen (secondary N) is 1. The number of aromatic nitrogens is 4. The summed E-state index contributed by atoms with van der Waals surface area (Å²) >= 11 is 0. The van der Waals surface area contributed by atoms with Crippen LogP contribution in [-0.2, 0) is 17.8 Å². The first-order valence-corrected chi connectivity index (χ1v) is 15.4. The number of piperidine rings is 1. The molecule has 1 saturated heterocycles. The van der Waals surface area contributed by atoms with E-state index in [0.29, 0.717) is 41.9 Å². The van der Waals surface area contributed by atoms with E-state index >= 15 is 0 Å². The molecule has 0 radical (unpaired) electrons. The number of rotatable bonds is 13. The number of nitrogens with two attached hydrogens (primary N) is 1. The highest BCUT2D eigenvalue weighted by molar-refractivity contribution is 5.81. The number of hydrogen-bond acceptors (Lipinski definition) is 9. The maximum Gasteiger partial charge on any atom is 0.230 e. The van der Waals surface area contributed by atoms with Gasteiger partial charge in [0.1, 0.15) is 23.1 Å². The monoisotopic (exact) mass is 602 g/mol. The molecule has 2 aromatic carbocycles. The van der Waals surface area contributed by atoms with Crippen LogP contribution >= 0.6 is 0 Å². The molecule has 1 fully saturated rings. The molecule has 234 valence electrons. The van der Waals surface area contributed by atoms with Crippen LogP contribution in [-0.4, -0.2) is 70.0 Å². The number of nitrogens with zero attached hydrogens (tertiary/aromatic N) is 6. The van der Waals surface area contributed by atoms with E-state index in [-0.39, 0.29) is 24.2 Å². The summed E-state index contributed by atoms with van der Waals surface area (Å²) in [6, 6.07) is 12.4. The largest absolute Gasteiger partial charge is 0.457 e. The van der Waals surface area contributed by atoms with Crippen molar-refractivity contribution in [2.24, 2.45) is 5.73 Å². The van der Waals surface area contributed by atoms with Gasteiger partial charge in [-0.25, -0.2) is 4.39 Å². The molecule has 10 nitrogen and oxygen atoms in total. The van der Waals surface area contributed by atoms with E-state index in [1.54, 1.807) is 16.6 Å². The van der Waals surface area contributed by atoms with Gasteiger partial charge in [0.2, 0.25) is 11.9 Å². The molecule has 0 bridgehead atoms. The average molecular weight is 603 g/mol. The Morgan fingerprint density at radius 1 is 1.14 bits per heavy atom. The highest BCUT2D eigenvalue weighted by Crippen LogP contribution is 2.27. The first kappa shape index (κ1) is 31.3. The Kier molecular flexibility index (Phi) is 10.1. The molecular weight excluding hydrogens is 559 g/mol. The number of ether oxygens (including phenoxy) is 1. The first-order chi connectivity index (χ1) is 21.2. The average Bonchev–Trinajstić information content (AvgIpc) is 3.43. The van der Waals surface area contributed by atoms with Crippen LogP contribution in [0.2, 0.25) is 0 Å². The zero-order valence-electron chi connectivity index (χ0n) is 26.1. The number of Topliss-reactive ketones (excluding diaryl/α,β-unsaturated/α-hetero) is 1. The lowest BCUT2D eigenvalue weighted by Gasteiger charge is -2.30. The van der Waals surface area contributed by atoms with Gasteiger partial charge < -0.3 is 25.6 Å². The Hall–Kier alpha value is -4.09. The van der Waals surface area contributed by atoms with Crippen molar-refractivity contribution in [3.63, 3.8) is 0 Å². The molecule has 4 aromatic rings. The van der Waals surface area contributed by atoms with Crippen LogP contribution in [0, 0.1) is 5.82 Å². The van der Waals surface area contributed by atoms with Crippen LogP contribution in [0.1, 0.15) is 62.1 Å². The number of carbonyl (C=O) groups excluding carboxylic acids is 1. The number of fused-ring (bicyclic) bond motifs is 1. The van der Waals surface area contributed by atoms with Gasteiger partial charge in [0, 0.05) is 44.1 Å². The molecule has 2 aromatic heterocycles. The SMILES string of the molecule is CC(C)c1cnn2c(NCc3cccc(Oc4ccc(F)c(CC(=O)CCCN(C)C)c4)c3)nc(N3CCC(N)CC3)nc12. The van der Waals surface area contributed by atoms with E-state index < -0.39 is 5.82 Å². The number of carbonyl (C=O) groups is 1. The second-order valence-electron chi connectivity index (χ2n) is 12.1. The summed E-state index contributed by atoms with van der Waals surface area (Å²) in [5.41, 5.74) is 9.30. The van der Waals surface area contributed by atoms with E-state index in [1.807, 2.05) is 49.5 Å². The number of ketones is 1. The Labute approximate surface area is 258 Å². The van der Waals surface area contributed by atoms with Crippen LogP contribution in [0.15, 0.2) is 48.7 Å². The van der Waals surface area contributed by atoms with Crippen molar-refractivity contribution in [1.29, 1.82) is 0 Å². The highest BCUT2D eigenvalue weighted by atomic mass is 19.1. The van der Waals surface area contributed by atoms with Crippen molar-refractivity contribution < 1.29 is 13.9 Å². The van der Waals surface area contributed by atoms with E-state index in [2.05, 4.69) is 29.2 Å². The molecule has 11 heteroatoms. The molecule has 5 rings (SSSR count). The van der Waals surface area contributed by atoms with Gasteiger partial charge in [-0.1, -0.05) is 26.0 Å². The summed E-state index contributed by atoms with van der Waals surface area (Å²) in [5, 5.41) is 8.04. The van der Waals surface area contributed by atoms with Gasteiger partial charge in [-0.2, -0.15) is 19.6 Å². The number of anilines is 2. The van der Waals surface area contributed by atoms with Crippen LogP contribution < -0.4 is 20.7 Å². The van der Waals surface area contributed by atoms with Gasteiger partial charge in [-0.15, -0.1) is 0 Å². The Balaban J connectivity index is 1.29. The third-order valence-electron chi connectivity index (χ3n) is 7.88. The van der Waals surface area contributed by atoms with E-state index in [9.17, 15) is 9.18 Å². The Morgan fingerprint density at radius 3 is 2.66 bits per heavy atom. The minimum Gasteiger partial charge on any atom is -0.457 e. The summed E-state index contributed by atoms with van der Waals surface area (Å²) in [6.45, 7) is 7.19. The third kappa shape index (κ3) is 7.89. The van der Waals surface area contributed by atoms with Gasteiger partial charge >= 0.3 is 0 Å². The molecule has 0 amide bonds. The summed E-state index contributed by atoms with van der Waals surface area (Å²) in [6.07, 6.45) is 4.89. The lowest BCUT2D eigenvalue weighted by molar-refractivity contribution is -0.118. The van der Waals surface area contributed by atoms with Gasteiger partial charge in [0.05, 0.1) is 6.20 Å². The fraction of sp³-hybridized carbons (Fsp3) is 0.455. The van der Waals surface area contributed by atoms with Crippen molar-refractivity contribution in [2.75, 3.05) is 43.9 Å². The topological polar surface area (TPSA) is 114 Å². The smallest absolute Gasteiger partial charge is 0.230 e. The van der Waals surface area contributed by atoms with E-state index in [1.165, 1.54) is 6.07 Å². The summed E-state index contributed by atoms with van der Waals surface area (Å²) < 4.78 is 22.4. The molecule has 0 unspecified atom stereocenters. The maximum atomic E-state index is 14.5. The predicted molar refractivity (Wildman–Crippen MR) is 171 cm³/mol. The van der Waals surface area contributed by atoms with Crippen LogP contribution in [0.4, 0.5) is 16.3 Å². The van der Waals surface area contributed by atoms with Crippen molar-refractivity contribution in [1.82, 2.24) is 24.5 Å². The molecule has 1 aliphatic heterocycles. The van der Waals surface area contributed by atoms with Crippen molar-refractivity contribution in [3.8, 4) is 11.5 Å². The van der Waals surface area contributed by atoms with Gasteiger partial charge in [-0.05, 0) is 87.3 Å². The number of halogens is 1. The molecule has 3 N–H and O–H groups in total. The first-order valence-electron chi connectivity index (χ1n) is 15.4. The minimum atomic E-state index is -0.404. The highest BCUT2D eigenvalue weighted by Gasteiger charge is 2.22. The number of benzene rings is 2. The molecule has 1 aliphatic rings. The minimum absolute atomic E-state index is 0.0134. The van der Waals surface area contributed by atoms with Crippen LogP contribution in [0.25, 0.3) is 5.65 Å². The molecule has 44 heavy (non-hydrogen) atoms. The lowest BCUT2D eigenvalue weighted by Crippen LogP contribution is -2.40. The standard InChI is InChI=1S/C33H43FN8O2/c1-22(2)29-21-37-42-31(29)38-33(41-15-12-25(35)13-16-41)39-32(42)36-20-23-7-5-9-27(17-23)44-28-10-11-30(34)24(19-28)18-26(43)8-6-14-40(3)4/h5,7,9-11,17,19,21-22,25H,6,8,12-16,18,20,35H2,1-4H3,(H,36,38,39). The molecule has 0 atom stereocenters. The molecule has 3 heterocycles. The molecule has 0 saturated carbocycles. The Morgan fingerprint density at radius 2 is 1.91 bits per heavy atom. The number of hydrogen-bond donors (Lipinski definition) is 2. The van der Waals surface area contributed by atoms with E-state index in [0.717, 1.165) is 55.7 Å². The third-order valence-corrected chi connectivity index (χ3v) is 7.88. The second-order valence-corrected chi connectivity index (χ2v) is 12.1. The van der Waals surface area contributed by atoms with Crippen molar-refractivity contribution in [2.45, 2.75) is 64.5 Å². The molecular formula is C33H43FN8O2.